The van der Waals surface area contributed by atoms with Crippen molar-refractivity contribution in [1.82, 2.24) is 0 Å². The molecule has 1 aliphatic heterocycles. The Balaban J connectivity index is 1.40. The lowest BCUT2D eigenvalue weighted by Gasteiger charge is -2.53. The molecular weight excluding hydrogens is 361 g/mol. The third-order valence-electron chi connectivity index (χ3n) is 7.38. The molecule has 4 rings (SSSR count). The number of halogens is 1. The van der Waals surface area contributed by atoms with Crippen molar-refractivity contribution in [3.8, 4) is 0 Å². The van der Waals surface area contributed by atoms with Gasteiger partial charge in [-0.1, -0.05) is 48.6 Å². The molecular formula is C26H37FNO+. The first-order valence-corrected chi connectivity index (χ1v) is 11.5. The van der Waals surface area contributed by atoms with Crippen molar-refractivity contribution >= 4 is 0 Å². The van der Waals surface area contributed by atoms with Gasteiger partial charge >= 0.3 is 0 Å². The molecule has 1 unspecified atom stereocenters. The number of nitrogens with zero attached hydrogens (tertiary/aromatic N) is 1. The smallest absolute Gasteiger partial charge is 0.153 e. The topological polar surface area (TPSA) is 9.23 Å². The zero-order valence-corrected chi connectivity index (χ0v) is 18.2. The van der Waals surface area contributed by atoms with E-state index in [1.807, 2.05) is 0 Å². The van der Waals surface area contributed by atoms with Crippen molar-refractivity contribution in [3.63, 3.8) is 0 Å². The van der Waals surface area contributed by atoms with Gasteiger partial charge in [-0.3, -0.25) is 0 Å². The van der Waals surface area contributed by atoms with Crippen LogP contribution in [0.25, 0.3) is 0 Å². The Morgan fingerprint density at radius 3 is 2.34 bits per heavy atom. The average molecular weight is 399 g/mol. The van der Waals surface area contributed by atoms with E-state index in [4.69, 9.17) is 4.74 Å². The van der Waals surface area contributed by atoms with Crippen molar-refractivity contribution in [2.24, 2.45) is 5.92 Å². The van der Waals surface area contributed by atoms with Gasteiger partial charge in [0.2, 0.25) is 0 Å². The van der Waals surface area contributed by atoms with Gasteiger partial charge in [-0.25, -0.2) is 4.39 Å². The summed E-state index contributed by atoms with van der Waals surface area (Å²) in [5, 5.41) is 0. The Kier molecular flexibility index (Phi) is 5.99. The summed E-state index contributed by atoms with van der Waals surface area (Å²) in [6.07, 6.45) is 15.7. The molecule has 2 fully saturated rings. The number of rotatable bonds is 7. The van der Waals surface area contributed by atoms with Crippen molar-refractivity contribution < 1.29 is 13.6 Å². The Morgan fingerprint density at radius 1 is 1.07 bits per heavy atom. The van der Waals surface area contributed by atoms with E-state index in [0.29, 0.717) is 18.5 Å². The minimum atomic E-state index is -1.09. The lowest BCUT2D eigenvalue weighted by atomic mass is 9.83. The molecule has 0 amide bonds. The number of ether oxygens (including phenoxy) is 1. The van der Waals surface area contributed by atoms with Crippen LogP contribution in [-0.4, -0.2) is 42.4 Å². The van der Waals surface area contributed by atoms with Crippen LogP contribution in [0.4, 0.5) is 4.39 Å². The number of alkyl halides is 1. The highest BCUT2D eigenvalue weighted by atomic mass is 19.1. The monoisotopic (exact) mass is 398 g/mol. The quantitative estimate of drug-likeness (QED) is 0.516. The highest BCUT2D eigenvalue weighted by Gasteiger charge is 2.46. The number of hydrogen-bond donors (Lipinski definition) is 0. The molecule has 0 N–H and O–H groups in total. The van der Waals surface area contributed by atoms with Crippen LogP contribution in [0.1, 0.15) is 57.9 Å². The molecule has 29 heavy (non-hydrogen) atoms. The summed E-state index contributed by atoms with van der Waals surface area (Å²) < 4.78 is 22.3. The molecule has 0 bridgehead atoms. The Bertz CT molecular complexity index is 723. The fourth-order valence-corrected chi connectivity index (χ4v) is 5.63. The number of quaternary nitrogens is 1. The summed E-state index contributed by atoms with van der Waals surface area (Å²) >= 11 is 0. The summed E-state index contributed by atoms with van der Waals surface area (Å²) in [6.45, 7) is 7.20. The fraction of sp³-hybridized carbons (Fsp3) is 0.615. The van der Waals surface area contributed by atoms with Gasteiger partial charge in [-0.05, 0) is 50.7 Å². The lowest BCUT2D eigenvalue weighted by molar-refractivity contribution is -0.965. The molecule has 158 valence electrons. The van der Waals surface area contributed by atoms with Gasteiger partial charge in [0.1, 0.15) is 12.1 Å². The van der Waals surface area contributed by atoms with Crippen molar-refractivity contribution in [3.05, 3.63) is 60.2 Å². The molecule has 0 spiro atoms. The summed E-state index contributed by atoms with van der Waals surface area (Å²) in [5.41, 5.74) is -0.195. The fourth-order valence-electron chi connectivity index (χ4n) is 5.63. The zero-order chi connectivity index (χ0) is 20.4. The van der Waals surface area contributed by atoms with E-state index >= 15 is 0 Å². The van der Waals surface area contributed by atoms with Crippen LogP contribution in [0.3, 0.4) is 0 Å². The molecule has 2 nitrogen and oxygen atoms in total. The van der Waals surface area contributed by atoms with Crippen LogP contribution in [0, 0.1) is 5.92 Å². The number of hydrogen-bond acceptors (Lipinski definition) is 1. The second-order valence-corrected chi connectivity index (χ2v) is 10.1. The van der Waals surface area contributed by atoms with Crippen LogP contribution in [0.15, 0.2) is 54.6 Å². The first-order valence-electron chi connectivity index (χ1n) is 11.5. The second-order valence-electron chi connectivity index (χ2n) is 10.1. The molecule has 1 saturated heterocycles. The predicted molar refractivity (Wildman–Crippen MR) is 117 cm³/mol. The van der Waals surface area contributed by atoms with Crippen LogP contribution < -0.4 is 0 Å². The van der Waals surface area contributed by atoms with Crippen molar-refractivity contribution in [2.45, 2.75) is 69.7 Å². The predicted octanol–water partition coefficient (Wildman–Crippen LogP) is 5.94. The standard InChI is InChI=1S/C26H37FNO/c1-25(2,27)21-28(24-12-9-13-24)18-14-22(15-19-28)20-29-26(16-7-4-8-17-26)23-10-5-3-6-11-23/h3-8,10-11,16,22,24H,9,12-15,17-21H2,1-2H3/q+1. The first kappa shape index (κ1) is 20.8. The maximum Gasteiger partial charge on any atom is 0.153 e. The van der Waals surface area contributed by atoms with Crippen molar-refractivity contribution in [2.75, 3.05) is 26.2 Å². The van der Waals surface area contributed by atoms with Gasteiger partial charge in [0, 0.05) is 19.3 Å². The van der Waals surface area contributed by atoms with Gasteiger partial charge < -0.3 is 9.22 Å². The molecule has 1 heterocycles. The molecule has 1 aromatic carbocycles. The highest BCUT2D eigenvalue weighted by molar-refractivity contribution is 5.32. The summed E-state index contributed by atoms with van der Waals surface area (Å²) in [6, 6.07) is 11.3. The minimum absolute atomic E-state index is 0.339. The summed E-state index contributed by atoms with van der Waals surface area (Å²) in [4.78, 5) is 0. The Morgan fingerprint density at radius 2 is 1.79 bits per heavy atom. The molecule has 3 heteroatoms. The minimum Gasteiger partial charge on any atom is -0.366 e. The van der Waals surface area contributed by atoms with E-state index in [-0.39, 0.29) is 5.60 Å². The zero-order valence-electron chi connectivity index (χ0n) is 18.2. The van der Waals surface area contributed by atoms with E-state index in [1.54, 1.807) is 13.8 Å². The number of likely N-dealkylation sites (tertiary alicyclic amines) is 1. The van der Waals surface area contributed by atoms with E-state index in [1.165, 1.54) is 24.8 Å². The molecule has 1 saturated carbocycles. The van der Waals surface area contributed by atoms with Gasteiger partial charge in [-0.15, -0.1) is 0 Å². The second kappa shape index (κ2) is 8.35. The van der Waals surface area contributed by atoms with Crippen LogP contribution in [0.2, 0.25) is 0 Å². The molecule has 0 radical (unpaired) electrons. The van der Waals surface area contributed by atoms with E-state index in [9.17, 15) is 4.39 Å². The molecule has 0 aromatic heterocycles. The Labute approximate surface area is 176 Å². The Hall–Kier alpha value is -1.45. The van der Waals surface area contributed by atoms with Crippen molar-refractivity contribution in [1.29, 1.82) is 0 Å². The van der Waals surface area contributed by atoms with Gasteiger partial charge in [0.05, 0.1) is 25.7 Å². The van der Waals surface area contributed by atoms with E-state index < -0.39 is 5.67 Å². The van der Waals surface area contributed by atoms with Gasteiger partial charge in [0.15, 0.2) is 5.67 Å². The average Bonchev–Trinajstić information content (AvgIpc) is 2.66. The van der Waals surface area contributed by atoms with Gasteiger partial charge in [-0.2, -0.15) is 0 Å². The normalized spacial score (nSPS) is 32.9. The van der Waals surface area contributed by atoms with Crippen LogP contribution in [-0.2, 0) is 10.3 Å². The third kappa shape index (κ3) is 4.67. The summed E-state index contributed by atoms with van der Waals surface area (Å²) in [5.74, 6) is 0.573. The first-order chi connectivity index (χ1) is 13.9. The molecule has 2 aliphatic carbocycles. The van der Waals surface area contributed by atoms with Crippen LogP contribution in [0.5, 0.6) is 0 Å². The highest BCUT2D eigenvalue weighted by Crippen LogP contribution is 2.40. The number of piperidine rings is 1. The largest absolute Gasteiger partial charge is 0.366 e. The molecule has 1 atom stereocenters. The maximum absolute atomic E-state index is 14.6. The SMILES string of the molecule is CC(C)(F)C[N+]1(C2CCC2)CCC(COC2(c3ccccc3)C=CC=CC2)CC1. The summed E-state index contributed by atoms with van der Waals surface area (Å²) in [7, 11) is 0. The molecule has 1 aromatic rings. The third-order valence-corrected chi connectivity index (χ3v) is 7.38. The van der Waals surface area contributed by atoms with E-state index in [2.05, 4.69) is 54.6 Å². The lowest BCUT2D eigenvalue weighted by Crippen LogP contribution is -2.65. The van der Waals surface area contributed by atoms with Crippen LogP contribution >= 0.6 is 0 Å². The van der Waals surface area contributed by atoms with Gasteiger partial charge in [0.25, 0.3) is 0 Å². The molecule has 3 aliphatic rings. The number of allylic oxidation sites excluding steroid dienone is 2. The van der Waals surface area contributed by atoms with E-state index in [0.717, 1.165) is 43.4 Å². The number of benzene rings is 1. The maximum atomic E-state index is 14.6.